The number of amides is 2. The van der Waals surface area contributed by atoms with E-state index in [4.69, 9.17) is 4.74 Å². The minimum absolute atomic E-state index is 0.125. The predicted molar refractivity (Wildman–Crippen MR) is 85.0 cm³/mol. The maximum Gasteiger partial charge on any atom is 0.319 e. The number of carbonyl (C=O) groups excluding carboxylic acids is 1. The van der Waals surface area contributed by atoms with E-state index in [0.29, 0.717) is 18.0 Å². The van der Waals surface area contributed by atoms with Gasteiger partial charge in [0.2, 0.25) is 0 Å². The summed E-state index contributed by atoms with van der Waals surface area (Å²) in [6.07, 6.45) is 1.09. The topological polar surface area (TPSA) is 75.5 Å². The van der Waals surface area contributed by atoms with Crippen LogP contribution in [0.4, 0.5) is 10.5 Å². The second-order valence-electron chi connectivity index (χ2n) is 4.82. The number of aliphatic hydroxyl groups excluding tert-OH is 1. The first kappa shape index (κ1) is 15.9. The van der Waals surface area contributed by atoms with Crippen LogP contribution in [0.3, 0.4) is 0 Å². The van der Waals surface area contributed by atoms with Crippen LogP contribution in [0.2, 0.25) is 0 Å². The molecule has 1 aromatic heterocycles. The molecule has 1 heterocycles. The number of hydrogen-bond donors (Lipinski definition) is 3. The quantitative estimate of drug-likeness (QED) is 0.766. The average molecular weight is 303 g/mol. The Hall–Kier alpha value is -2.47. The van der Waals surface area contributed by atoms with Crippen LogP contribution in [0.15, 0.2) is 42.6 Å². The summed E-state index contributed by atoms with van der Waals surface area (Å²) >= 11 is 0. The molecular weight excluding hydrogens is 282 g/mol. The highest BCUT2D eigenvalue weighted by atomic mass is 16.5. The van der Waals surface area contributed by atoms with Gasteiger partial charge in [-0.3, -0.25) is 0 Å². The second kappa shape index (κ2) is 7.51. The SMILES string of the molecule is CCOc1ccccc1NC(=O)NCC(O)c1cccn1C. The molecule has 0 aliphatic heterocycles. The van der Waals surface area contributed by atoms with Gasteiger partial charge in [-0.2, -0.15) is 0 Å². The van der Waals surface area contributed by atoms with Crippen LogP contribution in [0.25, 0.3) is 0 Å². The fraction of sp³-hybridized carbons (Fsp3) is 0.312. The lowest BCUT2D eigenvalue weighted by Gasteiger charge is -2.15. The van der Waals surface area contributed by atoms with Gasteiger partial charge < -0.3 is 25.0 Å². The van der Waals surface area contributed by atoms with E-state index in [1.54, 1.807) is 12.1 Å². The summed E-state index contributed by atoms with van der Waals surface area (Å²) in [4.78, 5) is 11.9. The molecule has 6 heteroatoms. The van der Waals surface area contributed by atoms with Crippen molar-refractivity contribution in [2.24, 2.45) is 7.05 Å². The smallest absolute Gasteiger partial charge is 0.319 e. The first-order chi connectivity index (χ1) is 10.6. The number of anilines is 1. The number of aryl methyl sites for hydroxylation is 1. The molecule has 22 heavy (non-hydrogen) atoms. The molecule has 0 spiro atoms. The van der Waals surface area contributed by atoms with E-state index in [2.05, 4.69) is 10.6 Å². The van der Waals surface area contributed by atoms with Gasteiger partial charge >= 0.3 is 6.03 Å². The maximum absolute atomic E-state index is 11.9. The molecule has 1 unspecified atom stereocenters. The minimum Gasteiger partial charge on any atom is -0.492 e. The normalized spacial score (nSPS) is 11.8. The van der Waals surface area contributed by atoms with Crippen LogP contribution in [-0.4, -0.2) is 28.9 Å². The van der Waals surface area contributed by atoms with Crippen LogP contribution in [0.5, 0.6) is 5.75 Å². The largest absolute Gasteiger partial charge is 0.492 e. The summed E-state index contributed by atoms with van der Waals surface area (Å²) in [5.41, 5.74) is 1.34. The highest BCUT2D eigenvalue weighted by Gasteiger charge is 2.12. The third-order valence-corrected chi connectivity index (χ3v) is 3.22. The fourth-order valence-corrected chi connectivity index (χ4v) is 2.13. The number of carbonyl (C=O) groups is 1. The zero-order valence-corrected chi connectivity index (χ0v) is 12.7. The molecule has 0 radical (unpaired) electrons. The average Bonchev–Trinajstić information content (AvgIpc) is 2.93. The lowest BCUT2D eigenvalue weighted by molar-refractivity contribution is 0.167. The molecule has 2 rings (SSSR count). The lowest BCUT2D eigenvalue weighted by atomic mass is 10.2. The van der Waals surface area contributed by atoms with Crippen molar-refractivity contribution in [2.45, 2.75) is 13.0 Å². The number of para-hydroxylation sites is 2. The Morgan fingerprint density at radius 1 is 1.32 bits per heavy atom. The number of urea groups is 1. The van der Waals surface area contributed by atoms with E-state index >= 15 is 0 Å². The van der Waals surface area contributed by atoms with Gasteiger partial charge in [-0.1, -0.05) is 12.1 Å². The molecule has 0 aliphatic rings. The van der Waals surface area contributed by atoms with Crippen LogP contribution in [0, 0.1) is 0 Å². The van der Waals surface area contributed by atoms with E-state index in [9.17, 15) is 9.90 Å². The van der Waals surface area contributed by atoms with E-state index in [1.807, 2.05) is 49.0 Å². The van der Waals surface area contributed by atoms with Gasteiger partial charge in [0.1, 0.15) is 11.9 Å². The van der Waals surface area contributed by atoms with Gasteiger partial charge in [-0.15, -0.1) is 0 Å². The molecule has 0 bridgehead atoms. The van der Waals surface area contributed by atoms with Crippen molar-refractivity contribution >= 4 is 11.7 Å². The van der Waals surface area contributed by atoms with Crippen LogP contribution in [0.1, 0.15) is 18.7 Å². The van der Waals surface area contributed by atoms with E-state index < -0.39 is 6.10 Å². The highest BCUT2D eigenvalue weighted by molar-refractivity contribution is 5.90. The molecule has 1 aromatic carbocycles. The first-order valence-corrected chi connectivity index (χ1v) is 7.17. The number of aromatic nitrogens is 1. The van der Waals surface area contributed by atoms with Gasteiger partial charge in [-0.25, -0.2) is 4.79 Å². The number of rotatable bonds is 6. The monoisotopic (exact) mass is 303 g/mol. The number of aliphatic hydroxyl groups is 1. The molecule has 0 aliphatic carbocycles. The second-order valence-corrected chi connectivity index (χ2v) is 4.82. The van der Waals surface area contributed by atoms with Gasteiger partial charge in [0.05, 0.1) is 18.8 Å². The minimum atomic E-state index is -0.757. The number of nitrogens with zero attached hydrogens (tertiary/aromatic N) is 1. The van der Waals surface area contributed by atoms with Gasteiger partial charge in [0.15, 0.2) is 0 Å². The predicted octanol–water partition coefficient (Wildman–Crippen LogP) is 2.28. The Kier molecular flexibility index (Phi) is 5.43. The summed E-state index contributed by atoms with van der Waals surface area (Å²) in [6, 6.07) is 10.5. The van der Waals surface area contributed by atoms with Crippen molar-refractivity contribution in [2.75, 3.05) is 18.5 Å². The molecule has 3 N–H and O–H groups in total. The Morgan fingerprint density at radius 2 is 2.09 bits per heavy atom. The zero-order valence-electron chi connectivity index (χ0n) is 12.7. The molecule has 2 aromatic rings. The number of benzene rings is 1. The molecule has 1 atom stereocenters. The number of hydrogen-bond acceptors (Lipinski definition) is 3. The summed E-state index contributed by atoms with van der Waals surface area (Å²) in [5, 5.41) is 15.4. The third-order valence-electron chi connectivity index (χ3n) is 3.22. The van der Waals surface area contributed by atoms with Crippen LogP contribution >= 0.6 is 0 Å². The lowest BCUT2D eigenvalue weighted by Crippen LogP contribution is -2.33. The summed E-state index contributed by atoms with van der Waals surface area (Å²) in [7, 11) is 1.84. The van der Waals surface area contributed by atoms with Crippen molar-refractivity contribution < 1.29 is 14.6 Å². The van der Waals surface area contributed by atoms with Crippen molar-refractivity contribution in [3.05, 3.63) is 48.3 Å². The summed E-state index contributed by atoms with van der Waals surface area (Å²) in [5.74, 6) is 0.614. The molecule has 0 saturated heterocycles. The van der Waals surface area contributed by atoms with E-state index in [-0.39, 0.29) is 12.6 Å². The third kappa shape index (κ3) is 4.02. The van der Waals surface area contributed by atoms with Crippen LogP contribution < -0.4 is 15.4 Å². The Bertz CT molecular complexity index is 625. The molecule has 118 valence electrons. The summed E-state index contributed by atoms with van der Waals surface area (Å²) < 4.78 is 7.26. The van der Waals surface area contributed by atoms with Gasteiger partial charge in [0.25, 0.3) is 0 Å². The molecule has 0 saturated carbocycles. The van der Waals surface area contributed by atoms with Crippen LogP contribution in [-0.2, 0) is 7.05 Å². The number of ether oxygens (including phenoxy) is 1. The van der Waals surface area contributed by atoms with Crippen molar-refractivity contribution in [1.82, 2.24) is 9.88 Å². The molecular formula is C16H21N3O3. The Balaban J connectivity index is 1.90. The molecule has 2 amide bonds. The fourth-order valence-electron chi connectivity index (χ4n) is 2.13. The first-order valence-electron chi connectivity index (χ1n) is 7.17. The Labute approximate surface area is 129 Å². The summed E-state index contributed by atoms with van der Waals surface area (Å²) in [6.45, 7) is 2.53. The molecule has 0 fully saturated rings. The van der Waals surface area contributed by atoms with E-state index in [1.165, 1.54) is 0 Å². The van der Waals surface area contributed by atoms with Crippen molar-refractivity contribution in [1.29, 1.82) is 0 Å². The standard InChI is InChI=1S/C16H21N3O3/c1-3-22-15-9-5-4-7-12(15)18-16(21)17-11-14(20)13-8-6-10-19(13)2/h4-10,14,20H,3,11H2,1-2H3,(H2,17,18,21). The maximum atomic E-state index is 11.9. The Morgan fingerprint density at radius 3 is 2.77 bits per heavy atom. The van der Waals surface area contributed by atoms with Gasteiger partial charge in [0, 0.05) is 18.9 Å². The number of nitrogens with one attached hydrogen (secondary N) is 2. The molecule has 6 nitrogen and oxygen atoms in total. The van der Waals surface area contributed by atoms with E-state index in [0.717, 1.165) is 5.69 Å². The highest BCUT2D eigenvalue weighted by Crippen LogP contribution is 2.23. The van der Waals surface area contributed by atoms with Gasteiger partial charge in [-0.05, 0) is 31.2 Å². The zero-order chi connectivity index (χ0) is 15.9. The van der Waals surface area contributed by atoms with Crippen molar-refractivity contribution in [3.8, 4) is 5.75 Å². The van der Waals surface area contributed by atoms with Crippen molar-refractivity contribution in [3.63, 3.8) is 0 Å².